The van der Waals surface area contributed by atoms with Crippen LogP contribution in [-0.4, -0.2) is 0 Å². The molecule has 0 unspecified atom stereocenters. The van der Waals surface area contributed by atoms with Crippen molar-refractivity contribution >= 4 is 21.5 Å². The van der Waals surface area contributed by atoms with Gasteiger partial charge in [0.25, 0.3) is 0 Å². The molecule has 0 aromatic heterocycles. The minimum absolute atomic E-state index is 0.327. The molecule has 0 aliphatic rings. The SMILES string of the molecule is N#Cc1ccc(OCc2c3ccccc3cc3ccccc23)cc1C#N. The molecule has 0 aliphatic heterocycles. The van der Waals surface area contributed by atoms with Crippen molar-refractivity contribution in [2.24, 2.45) is 0 Å². The molecule has 0 atom stereocenters. The van der Waals surface area contributed by atoms with Crippen LogP contribution in [0.15, 0.2) is 72.8 Å². The molecule has 3 heteroatoms. The summed E-state index contributed by atoms with van der Waals surface area (Å²) in [5, 5.41) is 22.9. The average Bonchev–Trinajstić information content (AvgIpc) is 2.70. The fourth-order valence-corrected chi connectivity index (χ4v) is 3.22. The standard InChI is InChI=1S/C23H14N2O/c24-13-18-9-10-20(12-19(18)14-25)26-15-23-21-7-3-1-5-16(21)11-17-6-2-4-8-22(17)23/h1-12H,15H2. The molecule has 122 valence electrons. The van der Waals surface area contributed by atoms with Gasteiger partial charge < -0.3 is 4.74 Å². The summed E-state index contributed by atoms with van der Waals surface area (Å²) in [6.45, 7) is 0.388. The number of hydrogen-bond acceptors (Lipinski definition) is 3. The van der Waals surface area contributed by atoms with Gasteiger partial charge in [0, 0.05) is 5.56 Å². The van der Waals surface area contributed by atoms with Crippen molar-refractivity contribution in [3.8, 4) is 17.9 Å². The highest BCUT2D eigenvalue weighted by Gasteiger charge is 2.09. The van der Waals surface area contributed by atoms with Gasteiger partial charge in [0.05, 0.1) is 11.1 Å². The first-order valence-electron chi connectivity index (χ1n) is 8.26. The lowest BCUT2D eigenvalue weighted by Crippen LogP contribution is -1.99. The summed E-state index contributed by atoms with van der Waals surface area (Å²) in [5.74, 6) is 0.581. The molecule has 0 fully saturated rings. The van der Waals surface area contributed by atoms with E-state index in [-0.39, 0.29) is 0 Å². The second-order valence-electron chi connectivity index (χ2n) is 6.02. The number of nitrogens with zero attached hydrogens (tertiary/aromatic N) is 2. The van der Waals surface area contributed by atoms with E-state index in [1.807, 2.05) is 36.4 Å². The topological polar surface area (TPSA) is 56.8 Å². The van der Waals surface area contributed by atoms with Gasteiger partial charge in [-0.1, -0.05) is 48.5 Å². The molecular weight excluding hydrogens is 320 g/mol. The summed E-state index contributed by atoms with van der Waals surface area (Å²) in [5.41, 5.74) is 1.80. The molecule has 0 saturated carbocycles. The normalized spacial score (nSPS) is 10.4. The maximum absolute atomic E-state index is 9.19. The number of rotatable bonds is 3. The van der Waals surface area contributed by atoms with E-state index in [9.17, 15) is 5.26 Å². The largest absolute Gasteiger partial charge is 0.489 e. The molecule has 4 rings (SSSR count). The van der Waals surface area contributed by atoms with Gasteiger partial charge in [0.15, 0.2) is 0 Å². The van der Waals surface area contributed by atoms with Gasteiger partial charge in [-0.25, -0.2) is 0 Å². The Morgan fingerprint density at radius 1 is 0.692 bits per heavy atom. The molecule has 4 aromatic carbocycles. The molecule has 0 heterocycles. The molecule has 0 radical (unpaired) electrons. The first kappa shape index (κ1) is 15.7. The lowest BCUT2D eigenvalue weighted by molar-refractivity contribution is 0.309. The predicted octanol–water partition coefficient (Wildman–Crippen LogP) is 5.32. The van der Waals surface area contributed by atoms with Crippen molar-refractivity contribution < 1.29 is 4.74 Å². The summed E-state index contributed by atoms with van der Waals surface area (Å²) >= 11 is 0. The van der Waals surface area contributed by atoms with E-state index in [0.717, 1.165) is 16.3 Å². The van der Waals surface area contributed by atoms with E-state index < -0.39 is 0 Å². The maximum atomic E-state index is 9.19. The first-order valence-corrected chi connectivity index (χ1v) is 8.26. The molecular formula is C23H14N2O. The number of hydrogen-bond donors (Lipinski definition) is 0. The summed E-state index contributed by atoms with van der Waals surface area (Å²) in [7, 11) is 0. The molecule has 4 aromatic rings. The Labute approximate surface area is 151 Å². The minimum Gasteiger partial charge on any atom is -0.489 e. The third kappa shape index (κ3) is 2.73. The summed E-state index contributed by atoms with van der Waals surface area (Å²) in [6.07, 6.45) is 0. The Kier molecular flexibility index (Phi) is 3.98. The highest BCUT2D eigenvalue weighted by atomic mass is 16.5. The lowest BCUT2D eigenvalue weighted by Gasteiger charge is -2.13. The van der Waals surface area contributed by atoms with E-state index in [1.54, 1.807) is 18.2 Å². The van der Waals surface area contributed by atoms with Crippen LogP contribution >= 0.6 is 0 Å². The number of fused-ring (bicyclic) bond motifs is 2. The van der Waals surface area contributed by atoms with E-state index >= 15 is 0 Å². The maximum Gasteiger partial charge on any atom is 0.121 e. The van der Waals surface area contributed by atoms with Crippen LogP contribution in [0, 0.1) is 22.7 Å². The molecule has 0 saturated heterocycles. The molecule has 0 spiro atoms. The number of nitriles is 2. The quantitative estimate of drug-likeness (QED) is 0.477. The molecule has 0 amide bonds. The van der Waals surface area contributed by atoms with Gasteiger partial charge in [-0.2, -0.15) is 10.5 Å². The number of benzene rings is 4. The second-order valence-corrected chi connectivity index (χ2v) is 6.02. The molecule has 26 heavy (non-hydrogen) atoms. The lowest BCUT2D eigenvalue weighted by atomic mass is 9.97. The monoisotopic (exact) mass is 334 g/mol. The van der Waals surface area contributed by atoms with E-state index in [0.29, 0.717) is 23.5 Å². The molecule has 0 bridgehead atoms. The van der Waals surface area contributed by atoms with Crippen LogP contribution in [0.1, 0.15) is 16.7 Å². The molecule has 0 N–H and O–H groups in total. The summed E-state index contributed by atoms with van der Waals surface area (Å²) < 4.78 is 5.99. The fraction of sp³-hybridized carbons (Fsp3) is 0.0435. The zero-order valence-corrected chi connectivity index (χ0v) is 13.9. The van der Waals surface area contributed by atoms with Crippen LogP contribution in [0.5, 0.6) is 5.75 Å². The van der Waals surface area contributed by atoms with Crippen LogP contribution in [0.3, 0.4) is 0 Å². The molecule has 3 nitrogen and oxygen atoms in total. The van der Waals surface area contributed by atoms with Gasteiger partial charge >= 0.3 is 0 Å². The van der Waals surface area contributed by atoms with Crippen LogP contribution in [0.4, 0.5) is 0 Å². The van der Waals surface area contributed by atoms with Crippen molar-refractivity contribution in [2.45, 2.75) is 6.61 Å². The fourth-order valence-electron chi connectivity index (χ4n) is 3.22. The van der Waals surface area contributed by atoms with E-state index in [1.165, 1.54) is 10.8 Å². The Morgan fingerprint density at radius 2 is 1.31 bits per heavy atom. The van der Waals surface area contributed by atoms with Gasteiger partial charge in [0.1, 0.15) is 24.5 Å². The molecule has 0 aliphatic carbocycles. The van der Waals surface area contributed by atoms with Gasteiger partial charge in [-0.05, 0) is 45.8 Å². The van der Waals surface area contributed by atoms with Gasteiger partial charge in [0.2, 0.25) is 0 Å². The Morgan fingerprint density at radius 3 is 1.92 bits per heavy atom. The minimum atomic E-state index is 0.327. The van der Waals surface area contributed by atoms with Crippen molar-refractivity contribution in [1.82, 2.24) is 0 Å². The summed E-state index contributed by atoms with van der Waals surface area (Å²) in [6, 6.07) is 27.7. The second kappa shape index (κ2) is 6.59. The highest BCUT2D eigenvalue weighted by molar-refractivity contribution is 6.02. The Bertz CT molecular complexity index is 1160. The zero-order chi connectivity index (χ0) is 17.9. The van der Waals surface area contributed by atoms with Crippen molar-refractivity contribution in [3.63, 3.8) is 0 Å². The van der Waals surface area contributed by atoms with Crippen LogP contribution < -0.4 is 4.74 Å². The highest BCUT2D eigenvalue weighted by Crippen LogP contribution is 2.29. The van der Waals surface area contributed by atoms with E-state index in [4.69, 9.17) is 10.00 Å². The van der Waals surface area contributed by atoms with Crippen LogP contribution in [0.2, 0.25) is 0 Å². The predicted molar refractivity (Wildman–Crippen MR) is 102 cm³/mol. The van der Waals surface area contributed by atoms with Gasteiger partial charge in [-0.15, -0.1) is 0 Å². The van der Waals surface area contributed by atoms with Crippen LogP contribution in [-0.2, 0) is 6.61 Å². The van der Waals surface area contributed by atoms with Crippen molar-refractivity contribution in [2.75, 3.05) is 0 Å². The van der Waals surface area contributed by atoms with Crippen molar-refractivity contribution in [1.29, 1.82) is 10.5 Å². The Balaban J connectivity index is 1.77. The van der Waals surface area contributed by atoms with E-state index in [2.05, 4.69) is 30.3 Å². The number of ether oxygens (including phenoxy) is 1. The van der Waals surface area contributed by atoms with Crippen LogP contribution in [0.25, 0.3) is 21.5 Å². The third-order valence-corrected chi connectivity index (χ3v) is 4.50. The smallest absolute Gasteiger partial charge is 0.121 e. The van der Waals surface area contributed by atoms with Gasteiger partial charge in [-0.3, -0.25) is 0 Å². The average molecular weight is 334 g/mol. The van der Waals surface area contributed by atoms with Crippen molar-refractivity contribution in [3.05, 3.63) is 89.5 Å². The Hall–Kier alpha value is -3.82. The third-order valence-electron chi connectivity index (χ3n) is 4.50. The zero-order valence-electron chi connectivity index (χ0n) is 13.9. The first-order chi connectivity index (χ1) is 12.8. The summed E-state index contributed by atoms with van der Waals surface area (Å²) in [4.78, 5) is 0.